The first-order valence-corrected chi connectivity index (χ1v) is 12.8. The molecule has 0 atom stereocenters. The molecule has 0 saturated heterocycles. The molecule has 0 aliphatic carbocycles. The van der Waals surface area contributed by atoms with E-state index in [1.54, 1.807) is 10.5 Å². The Morgan fingerprint density at radius 3 is 2.76 bits per heavy atom. The lowest BCUT2D eigenvalue weighted by atomic mass is 9.91. The second-order valence-corrected chi connectivity index (χ2v) is 10.6. The Labute approximate surface area is 194 Å². The van der Waals surface area contributed by atoms with Gasteiger partial charge in [-0.3, -0.25) is 4.98 Å². The maximum absolute atomic E-state index is 12.0. The number of hydrogen-bond acceptors (Lipinski definition) is 4. The van der Waals surface area contributed by atoms with Crippen molar-refractivity contribution in [3.05, 3.63) is 94.9 Å². The second kappa shape index (κ2) is 8.57. The molecule has 0 unspecified atom stereocenters. The molecule has 0 radical (unpaired) electrons. The Balaban J connectivity index is 1.43. The Morgan fingerprint density at radius 1 is 1.09 bits per heavy atom. The summed E-state index contributed by atoms with van der Waals surface area (Å²) in [4.78, 5) is 12.3. The second-order valence-electron chi connectivity index (χ2n) is 8.61. The number of hydrogen-bond donors (Lipinski definition) is 1. The van der Waals surface area contributed by atoms with E-state index in [0.29, 0.717) is 13.1 Å². The monoisotopic (exact) mass is 458 g/mol. The highest BCUT2D eigenvalue weighted by atomic mass is 32.2. The molecule has 1 aliphatic heterocycles. The summed E-state index contributed by atoms with van der Waals surface area (Å²) in [6.07, 6.45) is 8.25. The lowest BCUT2D eigenvalue weighted by Gasteiger charge is -2.28. The lowest BCUT2D eigenvalue weighted by molar-refractivity contribution is 0.394. The maximum atomic E-state index is 12.0. The Bertz CT molecular complexity index is 1410. The summed E-state index contributed by atoms with van der Waals surface area (Å²) in [6, 6.07) is 16.6. The predicted octanol–water partition coefficient (Wildman–Crippen LogP) is 4.36. The number of aromatic amines is 1. The highest BCUT2D eigenvalue weighted by Crippen LogP contribution is 2.29. The number of benzene rings is 2. The third-order valence-corrected chi connectivity index (χ3v) is 7.55. The molecule has 0 bridgehead atoms. The summed E-state index contributed by atoms with van der Waals surface area (Å²) in [6.45, 7) is 3.08. The predicted molar refractivity (Wildman–Crippen MR) is 130 cm³/mol. The first kappa shape index (κ1) is 21.6. The average molecular weight is 459 g/mol. The minimum atomic E-state index is -3.18. The molecule has 0 spiro atoms. The van der Waals surface area contributed by atoms with Crippen molar-refractivity contribution in [3.8, 4) is 22.6 Å². The first-order valence-electron chi connectivity index (χ1n) is 11.0. The lowest BCUT2D eigenvalue weighted by Crippen LogP contribution is -2.35. The van der Waals surface area contributed by atoms with Gasteiger partial charge < -0.3 is 4.98 Å². The number of rotatable bonds is 5. The van der Waals surface area contributed by atoms with Gasteiger partial charge in [0.1, 0.15) is 5.82 Å². The Kier molecular flexibility index (Phi) is 5.60. The van der Waals surface area contributed by atoms with Gasteiger partial charge in [-0.2, -0.15) is 4.31 Å². The molecule has 3 heterocycles. The number of H-pyrrole nitrogens is 1. The van der Waals surface area contributed by atoms with Crippen molar-refractivity contribution < 1.29 is 8.42 Å². The van der Waals surface area contributed by atoms with E-state index in [2.05, 4.69) is 46.1 Å². The quantitative estimate of drug-likeness (QED) is 0.482. The molecule has 0 saturated carbocycles. The molecule has 0 fully saturated rings. The highest BCUT2D eigenvalue weighted by Gasteiger charge is 2.24. The van der Waals surface area contributed by atoms with Gasteiger partial charge in [0.15, 0.2) is 0 Å². The van der Waals surface area contributed by atoms with Gasteiger partial charge in [-0.1, -0.05) is 30.3 Å². The third kappa shape index (κ3) is 4.47. The molecule has 6 nitrogen and oxygen atoms in total. The summed E-state index contributed by atoms with van der Waals surface area (Å²) in [5, 5.41) is 0. The number of nitrogens with one attached hydrogen (secondary N) is 1. The van der Waals surface area contributed by atoms with Crippen LogP contribution in [-0.2, 0) is 29.4 Å². The van der Waals surface area contributed by atoms with Gasteiger partial charge in [-0.05, 0) is 65.8 Å². The van der Waals surface area contributed by atoms with E-state index in [4.69, 9.17) is 0 Å². The zero-order chi connectivity index (χ0) is 23.0. The Morgan fingerprint density at radius 2 is 1.97 bits per heavy atom. The summed E-state index contributed by atoms with van der Waals surface area (Å²) in [5.41, 5.74) is 9.01. The fourth-order valence-corrected chi connectivity index (χ4v) is 5.29. The maximum Gasteiger partial charge on any atom is 0.211 e. The summed E-state index contributed by atoms with van der Waals surface area (Å²) >= 11 is 0. The van der Waals surface area contributed by atoms with Crippen molar-refractivity contribution in [2.45, 2.75) is 26.3 Å². The van der Waals surface area contributed by atoms with Crippen molar-refractivity contribution >= 4 is 10.0 Å². The van der Waals surface area contributed by atoms with Gasteiger partial charge in [-0.15, -0.1) is 0 Å². The van der Waals surface area contributed by atoms with E-state index in [1.807, 2.05) is 36.7 Å². The van der Waals surface area contributed by atoms with Crippen LogP contribution in [-0.4, -0.2) is 40.5 Å². The van der Waals surface area contributed by atoms with Gasteiger partial charge in [0.2, 0.25) is 10.0 Å². The fraction of sp³-hybridized carbons (Fsp3) is 0.231. The fourth-order valence-electron chi connectivity index (χ4n) is 4.49. The summed E-state index contributed by atoms with van der Waals surface area (Å²) in [5.74, 6) is 0.840. The largest absolute Gasteiger partial charge is 0.338 e. The van der Waals surface area contributed by atoms with Crippen LogP contribution < -0.4 is 0 Å². The van der Waals surface area contributed by atoms with E-state index in [0.717, 1.165) is 46.6 Å². The van der Waals surface area contributed by atoms with Crippen LogP contribution in [0.15, 0.2) is 67.1 Å². The van der Waals surface area contributed by atoms with Crippen molar-refractivity contribution in [3.63, 3.8) is 0 Å². The van der Waals surface area contributed by atoms with Crippen LogP contribution in [0.1, 0.15) is 27.8 Å². The SMILES string of the molecule is Cc1ccc(Cc2cccc3c2CCN(S(C)(=O)=O)C3)cc1-c1ncc(-c2cccnc2)[nH]1. The van der Waals surface area contributed by atoms with E-state index in [9.17, 15) is 8.42 Å². The van der Waals surface area contributed by atoms with Gasteiger partial charge in [0.25, 0.3) is 0 Å². The third-order valence-electron chi connectivity index (χ3n) is 6.30. The van der Waals surface area contributed by atoms with E-state index in [-0.39, 0.29) is 0 Å². The molecule has 5 rings (SSSR count). The van der Waals surface area contributed by atoms with Crippen molar-refractivity contribution in [1.82, 2.24) is 19.3 Å². The number of aryl methyl sites for hydroxylation is 1. The molecule has 0 amide bonds. The molecule has 7 heteroatoms. The van der Waals surface area contributed by atoms with Gasteiger partial charge in [0, 0.05) is 36.6 Å². The summed E-state index contributed by atoms with van der Waals surface area (Å²) in [7, 11) is -3.18. The average Bonchev–Trinajstić information content (AvgIpc) is 3.30. The summed E-state index contributed by atoms with van der Waals surface area (Å²) < 4.78 is 25.5. The van der Waals surface area contributed by atoms with Crippen LogP contribution in [0, 0.1) is 6.92 Å². The van der Waals surface area contributed by atoms with Crippen LogP contribution in [0.4, 0.5) is 0 Å². The van der Waals surface area contributed by atoms with Crippen LogP contribution in [0.2, 0.25) is 0 Å². The standard InChI is InChI=1S/C26H26N4O2S/c1-18-8-9-19(14-24(18)26-28-16-25(29-26)21-7-4-11-27-15-21)13-20-5-3-6-22-17-30(33(2,31)32)12-10-23(20)22/h3-9,11,14-16H,10,12-13,17H2,1-2H3,(H,28,29). The molecular formula is C26H26N4O2S. The van der Waals surface area contributed by atoms with Crippen LogP contribution in [0.3, 0.4) is 0 Å². The number of nitrogens with zero attached hydrogens (tertiary/aromatic N) is 3. The molecule has 33 heavy (non-hydrogen) atoms. The topological polar surface area (TPSA) is 79.0 Å². The first-order chi connectivity index (χ1) is 15.9. The molecule has 168 valence electrons. The normalized spacial score (nSPS) is 14.2. The Hall–Kier alpha value is -3.29. The zero-order valence-corrected chi connectivity index (χ0v) is 19.6. The molecule has 2 aromatic heterocycles. The van der Waals surface area contributed by atoms with Crippen LogP contribution in [0.5, 0.6) is 0 Å². The van der Waals surface area contributed by atoms with Gasteiger partial charge in [0.05, 0.1) is 18.1 Å². The van der Waals surface area contributed by atoms with Crippen molar-refractivity contribution in [1.29, 1.82) is 0 Å². The van der Waals surface area contributed by atoms with E-state index in [1.165, 1.54) is 22.9 Å². The van der Waals surface area contributed by atoms with E-state index >= 15 is 0 Å². The minimum absolute atomic E-state index is 0.449. The molecule has 1 aliphatic rings. The van der Waals surface area contributed by atoms with E-state index < -0.39 is 10.0 Å². The number of imidazole rings is 1. The number of pyridine rings is 1. The highest BCUT2D eigenvalue weighted by molar-refractivity contribution is 7.88. The van der Waals surface area contributed by atoms with Crippen molar-refractivity contribution in [2.75, 3.05) is 12.8 Å². The molecule has 1 N–H and O–H groups in total. The minimum Gasteiger partial charge on any atom is -0.338 e. The van der Waals surface area contributed by atoms with Gasteiger partial charge >= 0.3 is 0 Å². The van der Waals surface area contributed by atoms with Crippen LogP contribution >= 0.6 is 0 Å². The number of aromatic nitrogens is 3. The van der Waals surface area contributed by atoms with Gasteiger partial charge in [-0.25, -0.2) is 13.4 Å². The number of fused-ring (bicyclic) bond motifs is 1. The van der Waals surface area contributed by atoms with Crippen molar-refractivity contribution in [2.24, 2.45) is 0 Å². The van der Waals surface area contributed by atoms with Crippen LogP contribution in [0.25, 0.3) is 22.6 Å². The molecular weight excluding hydrogens is 432 g/mol. The molecule has 2 aromatic carbocycles. The number of sulfonamides is 1. The molecule has 4 aromatic rings. The zero-order valence-electron chi connectivity index (χ0n) is 18.7. The smallest absolute Gasteiger partial charge is 0.211 e.